The SMILES string of the molecule is CC(C)c1cc2c(-c3ccc(S(=O)(=O)NCCO)cc3)ccnc2[nH]1.O=C(O)C(F)(F)F. The fourth-order valence-electron chi connectivity index (χ4n) is 2.69. The molecule has 0 unspecified atom stereocenters. The van der Waals surface area contributed by atoms with Gasteiger partial charge in [0.2, 0.25) is 10.0 Å². The van der Waals surface area contributed by atoms with Gasteiger partial charge >= 0.3 is 12.1 Å². The van der Waals surface area contributed by atoms with E-state index in [2.05, 4.69) is 34.6 Å². The van der Waals surface area contributed by atoms with Crippen LogP contribution in [0.3, 0.4) is 0 Å². The highest BCUT2D eigenvalue weighted by Crippen LogP contribution is 2.30. The molecular weight excluding hydrogens is 451 g/mol. The minimum atomic E-state index is -5.08. The number of nitrogens with zero attached hydrogens (tertiary/aromatic N) is 1. The average molecular weight is 473 g/mol. The Labute approximate surface area is 182 Å². The third-order valence-corrected chi connectivity index (χ3v) is 5.77. The van der Waals surface area contributed by atoms with Gasteiger partial charge in [-0.25, -0.2) is 22.9 Å². The number of rotatable bonds is 6. The Kier molecular flexibility index (Phi) is 7.99. The van der Waals surface area contributed by atoms with E-state index in [1.807, 2.05) is 6.07 Å². The summed E-state index contributed by atoms with van der Waals surface area (Å²) in [6, 6.07) is 10.7. The molecule has 0 bridgehead atoms. The zero-order valence-electron chi connectivity index (χ0n) is 17.1. The highest BCUT2D eigenvalue weighted by Gasteiger charge is 2.38. The van der Waals surface area contributed by atoms with Gasteiger partial charge in [-0.1, -0.05) is 26.0 Å². The number of sulfonamides is 1. The molecule has 1 aromatic carbocycles. The molecule has 0 radical (unpaired) electrons. The van der Waals surface area contributed by atoms with Crippen LogP contribution in [-0.4, -0.2) is 53.9 Å². The van der Waals surface area contributed by atoms with E-state index >= 15 is 0 Å². The summed E-state index contributed by atoms with van der Waals surface area (Å²) < 4.78 is 58.3. The largest absolute Gasteiger partial charge is 0.490 e. The van der Waals surface area contributed by atoms with Crippen molar-refractivity contribution in [3.63, 3.8) is 0 Å². The van der Waals surface area contributed by atoms with Crippen molar-refractivity contribution in [2.24, 2.45) is 0 Å². The van der Waals surface area contributed by atoms with Crippen LogP contribution in [0.1, 0.15) is 25.5 Å². The highest BCUT2D eigenvalue weighted by atomic mass is 32.2. The monoisotopic (exact) mass is 473 g/mol. The van der Waals surface area contributed by atoms with Crippen molar-refractivity contribution in [3.8, 4) is 11.1 Å². The number of hydrogen-bond acceptors (Lipinski definition) is 5. The highest BCUT2D eigenvalue weighted by molar-refractivity contribution is 7.89. The van der Waals surface area contributed by atoms with Gasteiger partial charge in [-0.3, -0.25) is 0 Å². The Balaban J connectivity index is 0.000000451. The first-order chi connectivity index (χ1) is 14.9. The zero-order chi connectivity index (χ0) is 24.1. The molecule has 0 amide bonds. The maximum Gasteiger partial charge on any atom is 0.490 e. The fraction of sp³-hybridized carbons (Fsp3) is 0.300. The standard InChI is InChI=1S/C18H21N3O3S.C2HF3O2/c1-12(2)17-11-16-15(7-8-19-18(16)21-17)13-3-5-14(6-4-13)25(23,24)20-9-10-22;3-2(4,5)1(6)7/h3-8,11-12,20,22H,9-10H2,1-2H3,(H,19,21);(H,6,7). The molecule has 0 atom stereocenters. The smallest absolute Gasteiger partial charge is 0.475 e. The predicted molar refractivity (Wildman–Crippen MR) is 112 cm³/mol. The van der Waals surface area contributed by atoms with Gasteiger partial charge in [0.1, 0.15) is 5.65 Å². The van der Waals surface area contributed by atoms with Crippen LogP contribution in [0.4, 0.5) is 13.2 Å². The van der Waals surface area contributed by atoms with Gasteiger partial charge in [-0.2, -0.15) is 13.2 Å². The quantitative estimate of drug-likeness (QED) is 0.435. The molecule has 0 aliphatic carbocycles. The molecule has 0 aliphatic heterocycles. The van der Waals surface area contributed by atoms with E-state index in [0.29, 0.717) is 5.92 Å². The first kappa shape index (κ1) is 25.3. The molecule has 0 saturated heterocycles. The molecule has 174 valence electrons. The zero-order valence-corrected chi connectivity index (χ0v) is 18.0. The average Bonchev–Trinajstić information content (AvgIpc) is 3.17. The number of benzene rings is 1. The number of aliphatic hydroxyl groups is 1. The summed E-state index contributed by atoms with van der Waals surface area (Å²) in [5, 5.41) is 16.9. The van der Waals surface area contributed by atoms with Crippen LogP contribution in [0.25, 0.3) is 22.2 Å². The van der Waals surface area contributed by atoms with Crippen molar-refractivity contribution < 1.29 is 36.6 Å². The number of H-pyrrole nitrogens is 1. The van der Waals surface area contributed by atoms with Gasteiger partial charge in [-0.05, 0) is 41.3 Å². The summed E-state index contributed by atoms with van der Waals surface area (Å²) in [6.07, 6.45) is -3.34. The number of aromatic amines is 1. The van der Waals surface area contributed by atoms with Crippen molar-refractivity contribution in [2.45, 2.75) is 30.8 Å². The molecule has 2 aromatic heterocycles. The third-order valence-electron chi connectivity index (χ3n) is 4.30. The van der Waals surface area contributed by atoms with E-state index in [1.54, 1.807) is 30.5 Å². The van der Waals surface area contributed by atoms with Crippen LogP contribution in [0.2, 0.25) is 0 Å². The van der Waals surface area contributed by atoms with Gasteiger partial charge in [0.25, 0.3) is 0 Å². The topological polar surface area (TPSA) is 132 Å². The van der Waals surface area contributed by atoms with E-state index in [9.17, 15) is 21.6 Å². The van der Waals surface area contributed by atoms with Crippen LogP contribution >= 0.6 is 0 Å². The molecule has 0 aliphatic rings. The van der Waals surface area contributed by atoms with E-state index in [-0.39, 0.29) is 18.0 Å². The van der Waals surface area contributed by atoms with Crippen LogP contribution in [0.15, 0.2) is 47.5 Å². The molecule has 3 aromatic rings. The van der Waals surface area contributed by atoms with Crippen molar-refractivity contribution in [1.29, 1.82) is 0 Å². The van der Waals surface area contributed by atoms with Gasteiger partial charge in [0.05, 0.1) is 11.5 Å². The Bertz CT molecular complexity index is 1170. The molecular formula is C20H22F3N3O5S. The van der Waals surface area contributed by atoms with Gasteiger partial charge in [0.15, 0.2) is 0 Å². The first-order valence-electron chi connectivity index (χ1n) is 9.35. The third kappa shape index (κ3) is 6.28. The molecule has 0 saturated carbocycles. The number of carbonyl (C=O) groups is 1. The van der Waals surface area contributed by atoms with Gasteiger partial charge in [-0.15, -0.1) is 0 Å². The Morgan fingerprint density at radius 1 is 1.19 bits per heavy atom. The Hall–Kier alpha value is -2.96. The Morgan fingerprint density at radius 2 is 1.78 bits per heavy atom. The normalized spacial score (nSPS) is 12.0. The molecule has 2 heterocycles. The summed E-state index contributed by atoms with van der Waals surface area (Å²) in [7, 11) is -3.60. The number of aromatic nitrogens is 2. The van der Waals surface area contributed by atoms with Crippen molar-refractivity contribution >= 4 is 27.0 Å². The predicted octanol–water partition coefficient (Wildman–Crippen LogP) is 3.26. The number of nitrogens with one attached hydrogen (secondary N) is 2. The van der Waals surface area contributed by atoms with E-state index in [4.69, 9.17) is 15.0 Å². The number of alkyl halides is 3. The number of carboxylic acid groups (broad SMARTS) is 1. The molecule has 3 rings (SSSR count). The second kappa shape index (κ2) is 10.1. The minimum Gasteiger partial charge on any atom is -0.475 e. The lowest BCUT2D eigenvalue weighted by Gasteiger charge is -2.07. The van der Waals surface area contributed by atoms with Gasteiger partial charge in [0, 0.05) is 23.8 Å². The molecule has 0 fully saturated rings. The number of fused-ring (bicyclic) bond motifs is 1. The lowest BCUT2D eigenvalue weighted by molar-refractivity contribution is -0.192. The molecule has 0 spiro atoms. The second-order valence-electron chi connectivity index (χ2n) is 6.95. The molecule has 12 heteroatoms. The van der Waals surface area contributed by atoms with E-state index in [0.717, 1.165) is 27.9 Å². The van der Waals surface area contributed by atoms with Crippen LogP contribution in [-0.2, 0) is 14.8 Å². The van der Waals surface area contributed by atoms with E-state index < -0.39 is 22.2 Å². The molecule has 4 N–H and O–H groups in total. The lowest BCUT2D eigenvalue weighted by atomic mass is 10.0. The number of pyridine rings is 1. The summed E-state index contributed by atoms with van der Waals surface area (Å²) in [4.78, 5) is 16.8. The van der Waals surface area contributed by atoms with Crippen molar-refractivity contribution in [1.82, 2.24) is 14.7 Å². The fourth-order valence-corrected chi connectivity index (χ4v) is 3.71. The maximum atomic E-state index is 12.1. The van der Waals surface area contributed by atoms with Crippen molar-refractivity contribution in [2.75, 3.05) is 13.2 Å². The maximum absolute atomic E-state index is 12.1. The van der Waals surface area contributed by atoms with Gasteiger partial charge < -0.3 is 15.2 Å². The number of halogens is 3. The van der Waals surface area contributed by atoms with Crippen LogP contribution < -0.4 is 4.72 Å². The molecule has 8 nitrogen and oxygen atoms in total. The van der Waals surface area contributed by atoms with Crippen molar-refractivity contribution in [3.05, 3.63) is 48.3 Å². The Morgan fingerprint density at radius 3 is 2.28 bits per heavy atom. The lowest BCUT2D eigenvalue weighted by Crippen LogP contribution is -2.26. The summed E-state index contributed by atoms with van der Waals surface area (Å²) in [5.41, 5.74) is 3.85. The van der Waals surface area contributed by atoms with Crippen LogP contribution in [0, 0.1) is 0 Å². The minimum absolute atomic E-state index is 0.00358. The second-order valence-corrected chi connectivity index (χ2v) is 8.72. The number of carboxylic acids is 1. The number of hydrogen-bond donors (Lipinski definition) is 4. The van der Waals surface area contributed by atoms with Crippen LogP contribution in [0.5, 0.6) is 0 Å². The molecule has 32 heavy (non-hydrogen) atoms. The number of aliphatic carboxylic acids is 1. The summed E-state index contributed by atoms with van der Waals surface area (Å²) in [6.45, 7) is 3.99. The number of aliphatic hydroxyl groups excluding tert-OH is 1. The first-order valence-corrected chi connectivity index (χ1v) is 10.8. The summed E-state index contributed by atoms with van der Waals surface area (Å²) >= 11 is 0. The summed E-state index contributed by atoms with van der Waals surface area (Å²) in [5.74, 6) is -2.39. The van der Waals surface area contributed by atoms with E-state index in [1.165, 1.54) is 0 Å².